The molecule has 0 spiro atoms. The highest BCUT2D eigenvalue weighted by atomic mass is 127. The first-order valence-electron chi connectivity index (χ1n) is 4.77. The third-order valence-electron chi connectivity index (χ3n) is 2.76. The molecule has 2 rings (SSSR count). The van der Waals surface area contributed by atoms with Crippen LogP contribution in [0.3, 0.4) is 0 Å². The minimum absolute atomic E-state index is 0.131. The van der Waals surface area contributed by atoms with Gasteiger partial charge in [-0.15, -0.1) is 0 Å². The molecule has 0 saturated heterocycles. The Bertz CT molecular complexity index is 599. The number of halogens is 1. The summed E-state index contributed by atoms with van der Waals surface area (Å²) in [5.74, 6) is 0. The summed E-state index contributed by atoms with van der Waals surface area (Å²) in [5, 5.41) is 0.813. The summed E-state index contributed by atoms with van der Waals surface area (Å²) in [6, 6.07) is 4.05. The van der Waals surface area contributed by atoms with E-state index in [1.165, 1.54) is 11.1 Å². The Morgan fingerprint density at radius 2 is 1.80 bits per heavy atom. The van der Waals surface area contributed by atoms with E-state index in [1.807, 2.05) is 30.8 Å². The molecule has 0 aliphatic heterocycles. The summed E-state index contributed by atoms with van der Waals surface area (Å²) in [4.78, 5) is 11.9. The topological polar surface area (TPSA) is 22.0 Å². The number of aromatic nitrogens is 1. The zero-order valence-corrected chi connectivity index (χ0v) is 11.1. The van der Waals surface area contributed by atoms with Crippen molar-refractivity contribution in [3.63, 3.8) is 0 Å². The largest absolute Gasteiger partial charge is 0.349 e. The zero-order chi connectivity index (χ0) is 11.2. The van der Waals surface area contributed by atoms with Crippen molar-refractivity contribution >= 4 is 33.5 Å². The molecule has 1 aromatic heterocycles. The number of hydrogen-bond acceptors (Lipinski definition) is 1. The van der Waals surface area contributed by atoms with Crippen molar-refractivity contribution < 1.29 is 0 Å². The van der Waals surface area contributed by atoms with E-state index in [0.29, 0.717) is 0 Å². The van der Waals surface area contributed by atoms with Gasteiger partial charge in [-0.2, -0.15) is 0 Å². The van der Waals surface area contributed by atoms with Crippen LogP contribution in [0, 0.1) is 17.4 Å². The van der Waals surface area contributed by atoms with Gasteiger partial charge >= 0.3 is 0 Å². The van der Waals surface area contributed by atoms with Gasteiger partial charge < -0.3 is 4.57 Å². The van der Waals surface area contributed by atoms with Gasteiger partial charge in [-0.25, -0.2) is 0 Å². The minimum Gasteiger partial charge on any atom is -0.349 e. The smallest absolute Gasteiger partial charge is 0.202 e. The van der Waals surface area contributed by atoms with Crippen molar-refractivity contribution in [1.29, 1.82) is 0 Å². The van der Waals surface area contributed by atoms with Crippen molar-refractivity contribution in [2.75, 3.05) is 0 Å². The predicted molar refractivity (Wildman–Crippen MR) is 71.4 cm³/mol. The molecule has 3 heteroatoms. The maximum Gasteiger partial charge on any atom is 0.202 e. The first kappa shape index (κ1) is 10.7. The van der Waals surface area contributed by atoms with Gasteiger partial charge in [0.2, 0.25) is 5.43 Å². The molecule has 0 N–H and O–H groups in total. The van der Waals surface area contributed by atoms with Gasteiger partial charge in [0.05, 0.1) is 9.09 Å². The lowest BCUT2D eigenvalue weighted by molar-refractivity contribution is 0.942. The molecule has 0 amide bonds. The van der Waals surface area contributed by atoms with Crippen molar-refractivity contribution in [1.82, 2.24) is 4.57 Å². The Balaban J connectivity index is 3.04. The number of rotatable bonds is 0. The summed E-state index contributed by atoms with van der Waals surface area (Å²) in [6.45, 7) is 4.10. The Morgan fingerprint density at radius 1 is 1.20 bits per heavy atom. The lowest BCUT2D eigenvalue weighted by Gasteiger charge is -2.08. The molecule has 0 radical (unpaired) electrons. The lowest BCUT2D eigenvalue weighted by Crippen LogP contribution is -2.10. The minimum atomic E-state index is 0.131. The van der Waals surface area contributed by atoms with E-state index in [-0.39, 0.29) is 5.43 Å². The Hall–Kier alpha value is -0.840. The SMILES string of the molecule is Cc1cc2c(=O)c(I)cn(C)c2cc1C. The number of pyridine rings is 1. The molecule has 78 valence electrons. The molecular formula is C12H12INO. The molecule has 1 heterocycles. The molecule has 0 fully saturated rings. The molecule has 15 heavy (non-hydrogen) atoms. The van der Waals surface area contributed by atoms with Gasteiger partial charge in [0, 0.05) is 18.6 Å². The average molecular weight is 313 g/mol. The Labute approximate surface area is 102 Å². The van der Waals surface area contributed by atoms with Crippen LogP contribution in [0.5, 0.6) is 0 Å². The van der Waals surface area contributed by atoms with Crippen molar-refractivity contribution in [3.05, 3.63) is 43.2 Å². The normalized spacial score (nSPS) is 10.9. The van der Waals surface area contributed by atoms with Crippen LogP contribution in [0.25, 0.3) is 10.9 Å². The number of aryl methyl sites for hydroxylation is 3. The number of fused-ring (bicyclic) bond motifs is 1. The van der Waals surface area contributed by atoms with Crippen LogP contribution in [-0.2, 0) is 7.05 Å². The highest BCUT2D eigenvalue weighted by Gasteiger charge is 2.06. The van der Waals surface area contributed by atoms with Crippen LogP contribution in [-0.4, -0.2) is 4.57 Å². The second kappa shape index (κ2) is 3.63. The third kappa shape index (κ3) is 1.69. The number of benzene rings is 1. The standard InChI is InChI=1S/C12H12INO/c1-7-4-9-11(5-8(7)2)14(3)6-10(13)12(9)15/h4-6H,1-3H3. The predicted octanol–water partition coefficient (Wildman–Crippen LogP) is 2.76. The van der Waals surface area contributed by atoms with E-state index in [9.17, 15) is 4.79 Å². The quantitative estimate of drug-likeness (QED) is 0.686. The summed E-state index contributed by atoms with van der Waals surface area (Å²) >= 11 is 2.09. The van der Waals surface area contributed by atoms with E-state index < -0.39 is 0 Å². The van der Waals surface area contributed by atoms with Crippen LogP contribution in [0.2, 0.25) is 0 Å². The molecule has 0 unspecified atom stereocenters. The number of nitrogens with zero attached hydrogens (tertiary/aromatic N) is 1. The van der Waals surface area contributed by atoms with Crippen molar-refractivity contribution in [2.45, 2.75) is 13.8 Å². The van der Waals surface area contributed by atoms with Gasteiger partial charge in [0.15, 0.2) is 0 Å². The van der Waals surface area contributed by atoms with Gasteiger partial charge in [-0.1, -0.05) is 0 Å². The second-order valence-corrected chi connectivity index (χ2v) is 5.03. The summed E-state index contributed by atoms with van der Waals surface area (Å²) in [6.07, 6.45) is 1.88. The van der Waals surface area contributed by atoms with Crippen LogP contribution in [0.1, 0.15) is 11.1 Å². The third-order valence-corrected chi connectivity index (χ3v) is 3.53. The fourth-order valence-corrected chi connectivity index (χ4v) is 2.41. The first-order valence-corrected chi connectivity index (χ1v) is 5.84. The van der Waals surface area contributed by atoms with E-state index >= 15 is 0 Å². The zero-order valence-electron chi connectivity index (χ0n) is 8.97. The maximum absolute atomic E-state index is 11.9. The Morgan fingerprint density at radius 3 is 2.47 bits per heavy atom. The van der Waals surface area contributed by atoms with Crippen molar-refractivity contribution in [2.24, 2.45) is 7.05 Å². The second-order valence-electron chi connectivity index (χ2n) is 3.87. The van der Waals surface area contributed by atoms with E-state index in [4.69, 9.17) is 0 Å². The fraction of sp³-hybridized carbons (Fsp3) is 0.250. The molecule has 1 aromatic carbocycles. The Kier molecular flexibility index (Phi) is 2.58. The average Bonchev–Trinajstić information content (AvgIpc) is 2.18. The molecule has 0 saturated carbocycles. The van der Waals surface area contributed by atoms with Gasteiger partial charge in [0.25, 0.3) is 0 Å². The number of hydrogen-bond donors (Lipinski definition) is 0. The first-order chi connectivity index (χ1) is 7.00. The highest BCUT2D eigenvalue weighted by molar-refractivity contribution is 14.1. The summed E-state index contributed by atoms with van der Waals surface area (Å²) in [7, 11) is 1.97. The monoisotopic (exact) mass is 313 g/mol. The van der Waals surface area contributed by atoms with E-state index in [2.05, 4.69) is 35.6 Å². The molecule has 2 aromatic rings. The molecule has 2 nitrogen and oxygen atoms in total. The molecule has 0 aliphatic carbocycles. The van der Waals surface area contributed by atoms with Crippen molar-refractivity contribution in [3.8, 4) is 0 Å². The van der Waals surface area contributed by atoms with Crippen LogP contribution < -0.4 is 5.43 Å². The van der Waals surface area contributed by atoms with Crippen LogP contribution in [0.15, 0.2) is 23.1 Å². The molecular weight excluding hydrogens is 301 g/mol. The maximum atomic E-state index is 11.9. The molecule has 0 atom stereocenters. The molecule has 0 bridgehead atoms. The molecule has 0 aliphatic rings. The van der Waals surface area contributed by atoms with Gasteiger partial charge in [-0.3, -0.25) is 4.79 Å². The van der Waals surface area contributed by atoms with Crippen LogP contribution >= 0.6 is 22.6 Å². The summed E-state index contributed by atoms with van der Waals surface area (Å²) < 4.78 is 2.77. The summed E-state index contributed by atoms with van der Waals surface area (Å²) in [5.41, 5.74) is 3.52. The van der Waals surface area contributed by atoms with Gasteiger partial charge in [-0.05, 0) is 59.7 Å². The lowest BCUT2D eigenvalue weighted by atomic mass is 10.1. The highest BCUT2D eigenvalue weighted by Crippen LogP contribution is 2.17. The van der Waals surface area contributed by atoms with E-state index in [0.717, 1.165) is 14.5 Å². The van der Waals surface area contributed by atoms with Gasteiger partial charge in [0.1, 0.15) is 0 Å². The van der Waals surface area contributed by atoms with E-state index in [1.54, 1.807) is 0 Å². The van der Waals surface area contributed by atoms with Crippen LogP contribution in [0.4, 0.5) is 0 Å². The fourth-order valence-electron chi connectivity index (χ4n) is 1.70.